The standard InChI is InChI=1S/C24H25N5O2/c1-27(2)17-8-6-7-16(15-17)22(30)29-13-11-24(20(29)21-25-12-14-28(21)3)18-9-4-5-10-19(18)26-23(24)31/h4-10,12,14-15,20H,11,13H2,1-3H3,(H,26,31)/t20-,24+/m0/s1. The summed E-state index contributed by atoms with van der Waals surface area (Å²) in [5.41, 5.74) is 2.46. The highest BCUT2D eigenvalue weighted by molar-refractivity contribution is 6.08. The fourth-order valence-corrected chi connectivity index (χ4v) is 4.99. The van der Waals surface area contributed by atoms with Crippen molar-refractivity contribution >= 4 is 23.2 Å². The monoisotopic (exact) mass is 415 g/mol. The Balaban J connectivity index is 1.65. The lowest BCUT2D eigenvalue weighted by molar-refractivity contribution is -0.121. The number of amides is 2. The topological polar surface area (TPSA) is 70.5 Å². The number of aromatic nitrogens is 2. The molecule has 0 radical (unpaired) electrons. The van der Waals surface area contributed by atoms with Crippen LogP contribution in [0.25, 0.3) is 0 Å². The molecule has 2 aliphatic heterocycles. The number of nitrogens with zero attached hydrogens (tertiary/aromatic N) is 4. The van der Waals surface area contributed by atoms with Crippen LogP contribution in [-0.2, 0) is 17.3 Å². The summed E-state index contributed by atoms with van der Waals surface area (Å²) < 4.78 is 1.91. The second kappa shape index (κ2) is 6.97. The van der Waals surface area contributed by atoms with Crippen LogP contribution >= 0.6 is 0 Å². The summed E-state index contributed by atoms with van der Waals surface area (Å²) in [7, 11) is 5.80. The first-order chi connectivity index (χ1) is 14.9. The van der Waals surface area contributed by atoms with Crippen molar-refractivity contribution in [2.75, 3.05) is 30.9 Å². The van der Waals surface area contributed by atoms with Crippen LogP contribution in [0, 0.1) is 0 Å². The summed E-state index contributed by atoms with van der Waals surface area (Å²) >= 11 is 0. The number of nitrogens with one attached hydrogen (secondary N) is 1. The van der Waals surface area contributed by atoms with Crippen molar-refractivity contribution in [2.45, 2.75) is 17.9 Å². The Hall–Kier alpha value is -3.61. The Morgan fingerprint density at radius 1 is 1.19 bits per heavy atom. The molecule has 0 unspecified atom stereocenters. The third-order valence-electron chi connectivity index (χ3n) is 6.56. The SMILES string of the molecule is CN(C)c1cccc(C(=O)N2CC[C@]3(C(=O)Nc4ccccc43)[C@@H]2c2nccn2C)c1. The van der Waals surface area contributed by atoms with Crippen LogP contribution in [0.1, 0.15) is 34.2 Å². The molecule has 1 aromatic heterocycles. The first-order valence-corrected chi connectivity index (χ1v) is 10.4. The van der Waals surface area contributed by atoms with Gasteiger partial charge in [-0.1, -0.05) is 24.3 Å². The molecule has 2 aliphatic rings. The predicted molar refractivity (Wildman–Crippen MR) is 119 cm³/mol. The van der Waals surface area contributed by atoms with Crippen LogP contribution in [0.4, 0.5) is 11.4 Å². The highest BCUT2D eigenvalue weighted by Crippen LogP contribution is 2.54. The van der Waals surface area contributed by atoms with Crippen molar-refractivity contribution < 1.29 is 9.59 Å². The van der Waals surface area contributed by atoms with Gasteiger partial charge in [-0.3, -0.25) is 9.59 Å². The lowest BCUT2D eigenvalue weighted by atomic mass is 9.74. The van der Waals surface area contributed by atoms with E-state index in [1.54, 1.807) is 6.20 Å². The van der Waals surface area contributed by atoms with Gasteiger partial charge >= 0.3 is 0 Å². The smallest absolute Gasteiger partial charge is 0.254 e. The van der Waals surface area contributed by atoms with Gasteiger partial charge in [-0.25, -0.2) is 4.98 Å². The second-order valence-electron chi connectivity index (χ2n) is 8.46. The van der Waals surface area contributed by atoms with Gasteiger partial charge in [-0.15, -0.1) is 0 Å². The van der Waals surface area contributed by atoms with E-state index in [1.165, 1.54) is 0 Å². The number of carbonyl (C=O) groups excluding carboxylic acids is 2. The van der Waals surface area contributed by atoms with Crippen molar-refractivity contribution in [3.63, 3.8) is 0 Å². The Labute approximate surface area is 181 Å². The average molecular weight is 415 g/mol. The highest BCUT2D eigenvalue weighted by Gasteiger charge is 2.60. The zero-order chi connectivity index (χ0) is 21.8. The Morgan fingerprint density at radius 3 is 2.74 bits per heavy atom. The van der Waals surface area contributed by atoms with Crippen LogP contribution in [0.2, 0.25) is 0 Å². The van der Waals surface area contributed by atoms with E-state index in [0.29, 0.717) is 24.4 Å². The van der Waals surface area contributed by atoms with Crippen molar-refractivity contribution in [3.05, 3.63) is 77.9 Å². The molecule has 1 spiro atoms. The summed E-state index contributed by atoms with van der Waals surface area (Å²) in [5, 5.41) is 3.04. The molecule has 0 saturated carbocycles. The van der Waals surface area contributed by atoms with Gasteiger partial charge in [-0.05, 0) is 36.2 Å². The third-order valence-corrected chi connectivity index (χ3v) is 6.56. The highest BCUT2D eigenvalue weighted by atomic mass is 16.2. The second-order valence-corrected chi connectivity index (χ2v) is 8.46. The number of carbonyl (C=O) groups is 2. The number of hydrogen-bond acceptors (Lipinski definition) is 4. The Bertz CT molecular complexity index is 1180. The maximum absolute atomic E-state index is 13.7. The van der Waals surface area contributed by atoms with E-state index in [-0.39, 0.29) is 11.8 Å². The first-order valence-electron chi connectivity index (χ1n) is 10.4. The molecule has 5 rings (SSSR count). The van der Waals surface area contributed by atoms with Crippen molar-refractivity contribution in [2.24, 2.45) is 7.05 Å². The summed E-state index contributed by atoms with van der Waals surface area (Å²) in [5.74, 6) is 0.547. The molecule has 1 N–H and O–H groups in total. The van der Waals surface area contributed by atoms with Gasteiger partial charge in [-0.2, -0.15) is 0 Å². The first kappa shape index (κ1) is 19.4. The number of imidazole rings is 1. The summed E-state index contributed by atoms with van der Waals surface area (Å²) in [4.78, 5) is 35.5. The lowest BCUT2D eigenvalue weighted by Crippen LogP contribution is -2.43. The van der Waals surface area contributed by atoms with E-state index >= 15 is 0 Å². The van der Waals surface area contributed by atoms with E-state index in [2.05, 4.69) is 10.3 Å². The van der Waals surface area contributed by atoms with Gasteiger partial charge in [0.1, 0.15) is 17.3 Å². The van der Waals surface area contributed by atoms with Crippen LogP contribution in [0.15, 0.2) is 60.9 Å². The molecule has 3 heterocycles. The number of benzene rings is 2. The minimum atomic E-state index is -0.857. The fraction of sp³-hybridized carbons (Fsp3) is 0.292. The average Bonchev–Trinajstić information content (AvgIpc) is 3.44. The molecule has 0 bridgehead atoms. The molecule has 7 heteroatoms. The minimum absolute atomic E-state index is 0.0703. The van der Waals surface area contributed by atoms with Gasteiger partial charge in [0.2, 0.25) is 5.91 Å². The molecular formula is C24H25N5O2. The molecular weight excluding hydrogens is 390 g/mol. The Morgan fingerprint density at radius 2 is 2.00 bits per heavy atom. The largest absolute Gasteiger partial charge is 0.378 e. The van der Waals surface area contributed by atoms with Crippen LogP contribution < -0.4 is 10.2 Å². The van der Waals surface area contributed by atoms with E-state index in [4.69, 9.17) is 0 Å². The van der Waals surface area contributed by atoms with Crippen molar-refractivity contribution in [3.8, 4) is 0 Å². The van der Waals surface area contributed by atoms with Gasteiger partial charge in [0.25, 0.3) is 5.91 Å². The molecule has 0 aliphatic carbocycles. The van der Waals surface area contributed by atoms with Gasteiger partial charge in [0, 0.05) is 57.0 Å². The molecule has 1 fully saturated rings. The number of aryl methyl sites for hydroxylation is 1. The number of para-hydroxylation sites is 1. The van der Waals surface area contributed by atoms with Crippen molar-refractivity contribution in [1.29, 1.82) is 0 Å². The van der Waals surface area contributed by atoms with E-state index in [9.17, 15) is 9.59 Å². The third kappa shape index (κ3) is 2.76. The number of anilines is 2. The quantitative estimate of drug-likeness (QED) is 0.714. The maximum Gasteiger partial charge on any atom is 0.254 e. The maximum atomic E-state index is 13.7. The zero-order valence-corrected chi connectivity index (χ0v) is 17.9. The predicted octanol–water partition coefficient (Wildman–Crippen LogP) is 2.96. The van der Waals surface area contributed by atoms with Crippen LogP contribution in [0.3, 0.4) is 0 Å². The zero-order valence-electron chi connectivity index (χ0n) is 17.9. The molecule has 7 nitrogen and oxygen atoms in total. The van der Waals surface area contributed by atoms with Crippen LogP contribution in [0.5, 0.6) is 0 Å². The molecule has 2 amide bonds. The van der Waals surface area contributed by atoms with Gasteiger partial charge in [0.15, 0.2) is 0 Å². The molecule has 2 atom stereocenters. The fourth-order valence-electron chi connectivity index (χ4n) is 4.99. The number of hydrogen-bond donors (Lipinski definition) is 1. The molecule has 3 aromatic rings. The van der Waals surface area contributed by atoms with E-state index < -0.39 is 11.5 Å². The van der Waals surface area contributed by atoms with Gasteiger partial charge in [0.05, 0.1) is 0 Å². The minimum Gasteiger partial charge on any atom is -0.378 e. The normalized spacial score (nSPS) is 22.0. The van der Waals surface area contributed by atoms with E-state index in [0.717, 1.165) is 16.9 Å². The molecule has 2 aromatic carbocycles. The summed E-state index contributed by atoms with van der Waals surface area (Å²) in [6.07, 6.45) is 4.12. The molecule has 1 saturated heterocycles. The summed E-state index contributed by atoms with van der Waals surface area (Å²) in [6, 6.07) is 14.9. The number of fused-ring (bicyclic) bond motifs is 2. The number of rotatable bonds is 3. The lowest BCUT2D eigenvalue weighted by Gasteiger charge is -2.33. The van der Waals surface area contributed by atoms with Gasteiger partial charge < -0.3 is 19.7 Å². The Kier molecular flexibility index (Phi) is 4.36. The molecule has 158 valence electrons. The number of likely N-dealkylation sites (tertiary alicyclic amines) is 1. The van der Waals surface area contributed by atoms with Crippen LogP contribution in [-0.4, -0.2) is 46.9 Å². The van der Waals surface area contributed by atoms with Crippen molar-refractivity contribution in [1.82, 2.24) is 14.5 Å². The van der Waals surface area contributed by atoms with E-state index in [1.807, 2.05) is 90.2 Å². The molecule has 31 heavy (non-hydrogen) atoms. The summed E-state index contributed by atoms with van der Waals surface area (Å²) in [6.45, 7) is 0.476.